The summed E-state index contributed by atoms with van der Waals surface area (Å²) in [4.78, 5) is 0. The molecule has 38 heavy (non-hydrogen) atoms. The predicted molar refractivity (Wildman–Crippen MR) is 153 cm³/mol. The molecule has 0 amide bonds. The number of fused-ring (bicyclic) bond motifs is 2. The van der Waals surface area contributed by atoms with Crippen LogP contribution in [-0.4, -0.2) is 30.6 Å². The van der Waals surface area contributed by atoms with E-state index in [9.17, 15) is 30.6 Å². The van der Waals surface area contributed by atoms with Crippen molar-refractivity contribution in [2.24, 2.45) is 0 Å². The van der Waals surface area contributed by atoms with Crippen LogP contribution >= 0.6 is 0 Å². The number of hydrogen-bond acceptors (Lipinski definition) is 6. The van der Waals surface area contributed by atoms with Gasteiger partial charge in [0.15, 0.2) is 23.0 Å². The molecule has 0 aromatic heterocycles. The van der Waals surface area contributed by atoms with Gasteiger partial charge in [-0.05, 0) is 71.8 Å². The van der Waals surface area contributed by atoms with Gasteiger partial charge in [0, 0.05) is 33.0 Å². The zero-order valence-corrected chi connectivity index (χ0v) is 22.6. The Morgan fingerprint density at radius 3 is 1.08 bits per heavy atom. The molecule has 202 valence electrons. The molecule has 0 saturated carbocycles. The first kappa shape index (κ1) is 27.2. The Hall–Kier alpha value is -3.80. The second-order valence-corrected chi connectivity index (χ2v) is 10.2. The van der Waals surface area contributed by atoms with Gasteiger partial charge in [0.05, 0.1) is 0 Å². The maximum Gasteiger partial charge on any atom is 0.161 e. The van der Waals surface area contributed by atoms with E-state index in [1.807, 2.05) is 39.8 Å². The van der Waals surface area contributed by atoms with E-state index in [1.54, 1.807) is 0 Å². The topological polar surface area (TPSA) is 121 Å². The Morgan fingerprint density at radius 1 is 0.421 bits per heavy atom. The highest BCUT2D eigenvalue weighted by atomic mass is 16.3. The summed E-state index contributed by atoms with van der Waals surface area (Å²) in [6.45, 7) is 8.05. The molecule has 0 fully saturated rings. The lowest BCUT2D eigenvalue weighted by molar-refractivity contribution is 0.400. The summed E-state index contributed by atoms with van der Waals surface area (Å²) in [6.07, 6.45) is 5.39. The molecule has 0 bridgehead atoms. The molecule has 4 aromatic carbocycles. The zero-order chi connectivity index (χ0) is 27.7. The van der Waals surface area contributed by atoms with Gasteiger partial charge in [0.1, 0.15) is 11.5 Å². The van der Waals surface area contributed by atoms with Gasteiger partial charge in [-0.15, -0.1) is 0 Å². The first-order chi connectivity index (χ1) is 18.2. The molecule has 0 aliphatic carbocycles. The molecule has 0 atom stereocenters. The van der Waals surface area contributed by atoms with Crippen LogP contribution in [0.3, 0.4) is 0 Å². The van der Waals surface area contributed by atoms with Crippen molar-refractivity contribution in [3.8, 4) is 45.6 Å². The number of rotatable bonds is 9. The lowest BCUT2D eigenvalue weighted by Crippen LogP contribution is -2.00. The van der Waals surface area contributed by atoms with E-state index in [2.05, 4.69) is 0 Å². The van der Waals surface area contributed by atoms with E-state index in [0.717, 1.165) is 36.8 Å². The van der Waals surface area contributed by atoms with Crippen LogP contribution in [0.4, 0.5) is 0 Å². The highest BCUT2D eigenvalue weighted by molar-refractivity contribution is 6.06. The molecular formula is C32H38O6. The molecule has 6 nitrogen and oxygen atoms in total. The highest BCUT2D eigenvalue weighted by Crippen LogP contribution is 2.51. The molecule has 0 spiro atoms. The van der Waals surface area contributed by atoms with Gasteiger partial charge in [-0.2, -0.15) is 0 Å². The summed E-state index contributed by atoms with van der Waals surface area (Å²) in [7, 11) is 0. The lowest BCUT2D eigenvalue weighted by atomic mass is 9.84. The van der Waals surface area contributed by atoms with Crippen molar-refractivity contribution >= 4 is 21.5 Å². The number of hydrogen-bond donors (Lipinski definition) is 6. The number of aryl methyl sites for hydroxylation is 4. The Bertz CT molecular complexity index is 1400. The van der Waals surface area contributed by atoms with E-state index in [1.165, 1.54) is 12.1 Å². The highest BCUT2D eigenvalue weighted by Gasteiger charge is 2.26. The maximum atomic E-state index is 11.8. The quantitative estimate of drug-likeness (QED) is 0.126. The van der Waals surface area contributed by atoms with Crippen molar-refractivity contribution in [1.82, 2.24) is 0 Å². The van der Waals surface area contributed by atoms with Crippen molar-refractivity contribution in [2.45, 2.75) is 79.1 Å². The van der Waals surface area contributed by atoms with Gasteiger partial charge in [0.2, 0.25) is 0 Å². The fourth-order valence-corrected chi connectivity index (χ4v) is 5.74. The molecule has 4 rings (SSSR count). The molecule has 6 heteroatoms. The SMILES string of the molecule is CCCc1cc2c(CCC)c(O)c(O)cc2c(O)c1-c1c(CCC)cc2c(CCC)c(O)c(O)cc2c1O. The summed E-state index contributed by atoms with van der Waals surface area (Å²) in [6, 6.07) is 6.65. The van der Waals surface area contributed by atoms with Gasteiger partial charge < -0.3 is 30.6 Å². The summed E-state index contributed by atoms with van der Waals surface area (Å²) in [5.74, 6) is -1.08. The summed E-state index contributed by atoms with van der Waals surface area (Å²) in [5, 5.41) is 67.9. The Kier molecular flexibility index (Phi) is 7.81. The van der Waals surface area contributed by atoms with Crippen molar-refractivity contribution in [3.05, 3.63) is 46.5 Å². The first-order valence-corrected chi connectivity index (χ1v) is 13.6. The molecule has 0 heterocycles. The minimum absolute atomic E-state index is 0.0672. The second-order valence-electron chi connectivity index (χ2n) is 10.2. The third kappa shape index (κ3) is 4.42. The van der Waals surface area contributed by atoms with Crippen LogP contribution in [0.5, 0.6) is 34.5 Å². The molecular weight excluding hydrogens is 480 g/mol. The second kappa shape index (κ2) is 10.9. The zero-order valence-electron chi connectivity index (χ0n) is 22.6. The van der Waals surface area contributed by atoms with Gasteiger partial charge in [0.25, 0.3) is 0 Å². The average molecular weight is 519 g/mol. The monoisotopic (exact) mass is 518 g/mol. The van der Waals surface area contributed by atoms with Crippen molar-refractivity contribution < 1.29 is 30.6 Å². The maximum absolute atomic E-state index is 11.8. The summed E-state index contributed by atoms with van der Waals surface area (Å²) in [5.41, 5.74) is 3.79. The Labute approximate surface area is 223 Å². The van der Waals surface area contributed by atoms with Gasteiger partial charge in [-0.25, -0.2) is 0 Å². The van der Waals surface area contributed by atoms with Gasteiger partial charge in [-0.1, -0.05) is 53.4 Å². The molecule has 0 radical (unpaired) electrons. The number of phenols is 6. The molecule has 0 unspecified atom stereocenters. The van der Waals surface area contributed by atoms with E-state index in [0.29, 0.717) is 69.5 Å². The third-order valence-electron chi connectivity index (χ3n) is 7.40. The number of aromatic hydroxyl groups is 6. The molecule has 0 aliphatic rings. The van der Waals surface area contributed by atoms with Crippen LogP contribution in [0.2, 0.25) is 0 Å². The standard InChI is InChI=1S/C32H38O6/c1-5-9-17-13-21-19(11-7-3)29(35)25(33)15-23(21)31(37)27(17)28-18(10-6-2)14-22-20(12-8-4)30(36)26(34)16-24(22)32(28)38/h13-16,33-38H,5-12H2,1-4H3. The van der Waals surface area contributed by atoms with Crippen molar-refractivity contribution in [1.29, 1.82) is 0 Å². The van der Waals surface area contributed by atoms with Gasteiger partial charge in [-0.3, -0.25) is 0 Å². The smallest absolute Gasteiger partial charge is 0.161 e. The molecule has 4 aromatic rings. The van der Waals surface area contributed by atoms with Crippen LogP contribution in [-0.2, 0) is 25.7 Å². The van der Waals surface area contributed by atoms with Crippen molar-refractivity contribution in [3.63, 3.8) is 0 Å². The van der Waals surface area contributed by atoms with E-state index in [-0.39, 0.29) is 34.5 Å². The number of phenolic OH excluding ortho intramolecular Hbond substituents is 6. The Morgan fingerprint density at radius 2 is 0.763 bits per heavy atom. The van der Waals surface area contributed by atoms with Crippen molar-refractivity contribution in [2.75, 3.05) is 0 Å². The fourth-order valence-electron chi connectivity index (χ4n) is 5.74. The average Bonchev–Trinajstić information content (AvgIpc) is 2.88. The minimum Gasteiger partial charge on any atom is -0.507 e. The van der Waals surface area contributed by atoms with Crippen LogP contribution in [0, 0.1) is 0 Å². The number of benzene rings is 4. The summed E-state index contributed by atoms with van der Waals surface area (Å²) >= 11 is 0. The molecule has 0 saturated heterocycles. The van der Waals surface area contributed by atoms with E-state index >= 15 is 0 Å². The molecule has 0 aliphatic heterocycles. The van der Waals surface area contributed by atoms with Crippen LogP contribution < -0.4 is 0 Å². The fraction of sp³-hybridized carbons (Fsp3) is 0.375. The van der Waals surface area contributed by atoms with E-state index in [4.69, 9.17) is 0 Å². The minimum atomic E-state index is -0.299. The third-order valence-corrected chi connectivity index (χ3v) is 7.40. The lowest BCUT2D eigenvalue weighted by Gasteiger charge is -2.22. The van der Waals surface area contributed by atoms with Crippen LogP contribution in [0.1, 0.15) is 75.6 Å². The summed E-state index contributed by atoms with van der Waals surface area (Å²) < 4.78 is 0. The van der Waals surface area contributed by atoms with Crippen LogP contribution in [0.15, 0.2) is 24.3 Å². The van der Waals surface area contributed by atoms with E-state index < -0.39 is 0 Å². The normalized spacial score (nSPS) is 11.6. The largest absolute Gasteiger partial charge is 0.507 e. The van der Waals surface area contributed by atoms with Crippen LogP contribution in [0.25, 0.3) is 32.7 Å². The van der Waals surface area contributed by atoms with Gasteiger partial charge >= 0.3 is 0 Å². The Balaban J connectivity index is 2.18. The molecule has 6 N–H and O–H groups in total. The predicted octanol–water partition coefficient (Wildman–Crippen LogP) is 7.70. The first-order valence-electron chi connectivity index (χ1n) is 13.6.